The molecule has 8 heteroatoms. The highest BCUT2D eigenvalue weighted by Gasteiger charge is 2.29. The van der Waals surface area contributed by atoms with E-state index in [-0.39, 0.29) is 11.1 Å². The highest BCUT2D eigenvalue weighted by molar-refractivity contribution is 8.18. The monoisotopic (exact) mass is 377 g/mol. The number of nitrogens with zero attached hydrogens (tertiary/aromatic N) is 2. The van der Waals surface area contributed by atoms with Crippen molar-refractivity contribution in [3.63, 3.8) is 0 Å². The molecular weight excluding hydrogens is 354 g/mol. The van der Waals surface area contributed by atoms with Crippen molar-refractivity contribution in [3.8, 4) is 11.5 Å². The van der Waals surface area contributed by atoms with Crippen LogP contribution in [0.25, 0.3) is 6.08 Å². The van der Waals surface area contributed by atoms with Crippen LogP contribution >= 0.6 is 11.8 Å². The molecule has 2 fully saturated rings. The maximum absolute atomic E-state index is 11.9. The van der Waals surface area contributed by atoms with Gasteiger partial charge in [0.05, 0.1) is 19.1 Å². The molecular formula is C18H23N3O4S. The molecule has 0 aliphatic carbocycles. The van der Waals surface area contributed by atoms with Crippen LogP contribution in [0, 0.1) is 0 Å². The number of carbonyl (C=O) groups is 2. The predicted molar refractivity (Wildman–Crippen MR) is 103 cm³/mol. The fraction of sp³-hybridized carbons (Fsp3) is 0.444. The molecule has 0 bridgehead atoms. The maximum atomic E-state index is 11.9. The summed E-state index contributed by atoms with van der Waals surface area (Å²) in [6.45, 7) is 1.80. The second kappa shape index (κ2) is 7.59. The van der Waals surface area contributed by atoms with Crippen LogP contribution < -0.4 is 19.7 Å². The number of hydrogen-bond acceptors (Lipinski definition) is 7. The first kappa shape index (κ1) is 18.6. The molecule has 0 aromatic heterocycles. The highest BCUT2D eigenvalue weighted by atomic mass is 32.2. The van der Waals surface area contributed by atoms with E-state index >= 15 is 0 Å². The summed E-state index contributed by atoms with van der Waals surface area (Å²) in [4.78, 5) is 28.3. The van der Waals surface area contributed by atoms with Gasteiger partial charge in [-0.3, -0.25) is 14.9 Å². The predicted octanol–water partition coefficient (Wildman–Crippen LogP) is 2.17. The minimum atomic E-state index is -0.367. The van der Waals surface area contributed by atoms with E-state index in [2.05, 4.69) is 29.2 Å². The normalized spacial score (nSPS) is 21.7. The zero-order valence-corrected chi connectivity index (χ0v) is 16.2. The van der Waals surface area contributed by atoms with E-state index < -0.39 is 0 Å². The zero-order valence-electron chi connectivity index (χ0n) is 15.4. The minimum Gasteiger partial charge on any atom is -0.493 e. The lowest BCUT2D eigenvalue weighted by Crippen LogP contribution is -2.31. The zero-order chi connectivity index (χ0) is 18.8. The van der Waals surface area contributed by atoms with Crippen molar-refractivity contribution in [1.29, 1.82) is 0 Å². The van der Waals surface area contributed by atoms with Gasteiger partial charge in [-0.15, -0.1) is 0 Å². The number of anilines is 1. The standard InChI is InChI=1S/C18H23N3O4S/c1-20(2)12-5-6-21(10-12)13-9-15(25-4)14(24-3)7-11(13)8-16-17(22)19-18(23)26-16/h7-9,12H,5-6,10H2,1-4H3,(H,19,22,23)/t12-/m1/s1. The number of ether oxygens (including phenoxy) is 2. The lowest BCUT2D eigenvalue weighted by atomic mass is 10.1. The fourth-order valence-electron chi connectivity index (χ4n) is 3.22. The van der Waals surface area contributed by atoms with E-state index in [1.54, 1.807) is 20.3 Å². The van der Waals surface area contributed by atoms with Crippen molar-refractivity contribution in [3.05, 3.63) is 22.6 Å². The van der Waals surface area contributed by atoms with Crippen molar-refractivity contribution in [2.45, 2.75) is 12.5 Å². The molecule has 2 aliphatic heterocycles. The molecule has 2 amide bonds. The number of rotatable bonds is 5. The topological polar surface area (TPSA) is 71.1 Å². The SMILES string of the molecule is COc1cc(C=C2SC(=O)NC2=O)c(N2CC[C@@H](N(C)C)C2)cc1OC. The minimum absolute atomic E-state index is 0.350. The van der Waals surface area contributed by atoms with Gasteiger partial charge in [-0.25, -0.2) is 0 Å². The second-order valence-corrected chi connectivity index (χ2v) is 7.49. The molecule has 0 unspecified atom stereocenters. The van der Waals surface area contributed by atoms with Gasteiger partial charge in [0.15, 0.2) is 11.5 Å². The second-order valence-electron chi connectivity index (χ2n) is 6.47. The van der Waals surface area contributed by atoms with Crippen LogP contribution in [0.1, 0.15) is 12.0 Å². The summed E-state index contributed by atoms with van der Waals surface area (Å²) in [5.41, 5.74) is 1.79. The van der Waals surface area contributed by atoms with Crippen LogP contribution in [-0.2, 0) is 4.79 Å². The summed E-state index contributed by atoms with van der Waals surface area (Å²) in [6.07, 6.45) is 2.80. The van der Waals surface area contributed by atoms with Crippen molar-refractivity contribution in [1.82, 2.24) is 10.2 Å². The number of benzene rings is 1. The molecule has 0 saturated carbocycles. The third-order valence-electron chi connectivity index (χ3n) is 4.70. The summed E-state index contributed by atoms with van der Waals surface area (Å²) in [5, 5.41) is 1.94. The lowest BCUT2D eigenvalue weighted by Gasteiger charge is -2.24. The molecule has 2 heterocycles. The number of methoxy groups -OCH3 is 2. The third-order valence-corrected chi connectivity index (χ3v) is 5.51. The van der Waals surface area contributed by atoms with Crippen molar-refractivity contribution >= 4 is 34.7 Å². The van der Waals surface area contributed by atoms with Crippen LogP contribution in [0.5, 0.6) is 11.5 Å². The first-order valence-corrected chi connectivity index (χ1v) is 9.16. The largest absolute Gasteiger partial charge is 0.493 e. The van der Waals surface area contributed by atoms with Gasteiger partial charge in [0.1, 0.15) is 0 Å². The Morgan fingerprint density at radius 2 is 1.92 bits per heavy atom. The highest BCUT2D eigenvalue weighted by Crippen LogP contribution is 2.39. The van der Waals surface area contributed by atoms with Gasteiger partial charge < -0.3 is 19.3 Å². The first-order valence-electron chi connectivity index (χ1n) is 8.35. The number of thioether (sulfide) groups is 1. The van der Waals surface area contributed by atoms with Gasteiger partial charge in [0, 0.05) is 36.4 Å². The average Bonchev–Trinajstić information content (AvgIpc) is 3.21. The number of carbonyl (C=O) groups excluding carboxylic acids is 2. The number of hydrogen-bond donors (Lipinski definition) is 1. The Morgan fingerprint density at radius 3 is 2.46 bits per heavy atom. The Bertz CT molecular complexity index is 763. The van der Waals surface area contributed by atoms with Gasteiger partial charge in [-0.1, -0.05) is 0 Å². The molecule has 0 spiro atoms. The summed E-state index contributed by atoms with van der Waals surface area (Å²) in [7, 11) is 7.34. The quantitative estimate of drug-likeness (QED) is 0.789. The molecule has 140 valence electrons. The third kappa shape index (κ3) is 3.66. The van der Waals surface area contributed by atoms with Gasteiger partial charge in [-0.05, 0) is 44.4 Å². The van der Waals surface area contributed by atoms with Gasteiger partial charge in [0.2, 0.25) is 0 Å². The maximum Gasteiger partial charge on any atom is 0.290 e. The Labute approximate surface area is 157 Å². The molecule has 1 N–H and O–H groups in total. The van der Waals surface area contributed by atoms with Crippen LogP contribution in [0.3, 0.4) is 0 Å². The molecule has 26 heavy (non-hydrogen) atoms. The number of nitrogens with one attached hydrogen (secondary N) is 1. The van der Waals surface area contributed by atoms with Crippen molar-refractivity contribution in [2.75, 3.05) is 46.3 Å². The summed E-state index contributed by atoms with van der Waals surface area (Å²) in [6, 6.07) is 4.25. The van der Waals surface area contributed by atoms with Crippen LogP contribution in [0.15, 0.2) is 17.0 Å². The van der Waals surface area contributed by atoms with Crippen LogP contribution in [0.4, 0.5) is 10.5 Å². The Kier molecular flexibility index (Phi) is 5.43. The number of amides is 2. The van der Waals surface area contributed by atoms with E-state index in [0.717, 1.165) is 42.5 Å². The van der Waals surface area contributed by atoms with E-state index in [4.69, 9.17) is 9.47 Å². The van der Waals surface area contributed by atoms with Crippen LogP contribution in [-0.4, -0.2) is 63.5 Å². The molecule has 3 rings (SSSR count). The van der Waals surface area contributed by atoms with Crippen molar-refractivity contribution in [2.24, 2.45) is 0 Å². The van der Waals surface area contributed by atoms with Gasteiger partial charge in [-0.2, -0.15) is 0 Å². The molecule has 1 atom stereocenters. The average molecular weight is 377 g/mol. The van der Waals surface area contributed by atoms with E-state index in [1.807, 2.05) is 12.1 Å². The molecule has 0 radical (unpaired) electrons. The fourth-order valence-corrected chi connectivity index (χ4v) is 3.89. The van der Waals surface area contributed by atoms with E-state index in [1.165, 1.54) is 0 Å². The Morgan fingerprint density at radius 1 is 1.23 bits per heavy atom. The lowest BCUT2D eigenvalue weighted by molar-refractivity contribution is -0.115. The van der Waals surface area contributed by atoms with Crippen molar-refractivity contribution < 1.29 is 19.1 Å². The number of imide groups is 1. The van der Waals surface area contributed by atoms with Crippen LogP contribution in [0.2, 0.25) is 0 Å². The summed E-state index contributed by atoms with van der Waals surface area (Å²) in [5.74, 6) is 0.854. The molecule has 2 aliphatic rings. The summed E-state index contributed by atoms with van der Waals surface area (Å²) < 4.78 is 10.9. The summed E-state index contributed by atoms with van der Waals surface area (Å²) >= 11 is 0.911. The number of likely N-dealkylation sites (N-methyl/N-ethyl adjacent to an activating group) is 1. The molecule has 7 nitrogen and oxygen atoms in total. The molecule has 1 aromatic carbocycles. The first-order chi connectivity index (χ1) is 12.4. The molecule has 2 saturated heterocycles. The van der Waals surface area contributed by atoms with E-state index in [0.29, 0.717) is 22.4 Å². The van der Waals surface area contributed by atoms with E-state index in [9.17, 15) is 9.59 Å². The molecule has 1 aromatic rings. The van der Waals surface area contributed by atoms with Gasteiger partial charge in [0.25, 0.3) is 11.1 Å². The Balaban J connectivity index is 2.03. The van der Waals surface area contributed by atoms with Gasteiger partial charge >= 0.3 is 0 Å². The smallest absolute Gasteiger partial charge is 0.290 e. The Hall–Kier alpha value is -2.19.